The van der Waals surface area contributed by atoms with Crippen LogP contribution in [0.15, 0.2) is 23.3 Å². The van der Waals surface area contributed by atoms with Crippen LogP contribution in [-0.4, -0.2) is 17.6 Å². The first-order valence-corrected chi connectivity index (χ1v) is 3.80. The zero-order chi connectivity index (χ0) is 8.97. The normalized spacial score (nSPS) is 11.7. The van der Waals surface area contributed by atoms with E-state index >= 15 is 0 Å². The third kappa shape index (κ3) is 2.02. The molecule has 4 nitrogen and oxygen atoms in total. The summed E-state index contributed by atoms with van der Waals surface area (Å²) in [5.41, 5.74) is 6.65. The summed E-state index contributed by atoms with van der Waals surface area (Å²) in [5, 5.41) is 2.98. The number of aryl methyl sites for hydroxylation is 1. The molecule has 1 aromatic rings. The van der Waals surface area contributed by atoms with Gasteiger partial charge in [-0.25, -0.2) is 0 Å². The van der Waals surface area contributed by atoms with E-state index in [-0.39, 0.29) is 0 Å². The number of aliphatic imine (C=N–C) groups is 1. The molecule has 0 saturated carbocycles. The van der Waals surface area contributed by atoms with Crippen LogP contribution in [0.5, 0.6) is 0 Å². The highest BCUT2D eigenvalue weighted by atomic mass is 15.1. The van der Waals surface area contributed by atoms with Gasteiger partial charge in [0.15, 0.2) is 5.96 Å². The molecule has 3 N–H and O–H groups in total. The van der Waals surface area contributed by atoms with Crippen LogP contribution >= 0.6 is 0 Å². The van der Waals surface area contributed by atoms with E-state index in [4.69, 9.17) is 5.73 Å². The molecule has 0 unspecified atom stereocenters. The van der Waals surface area contributed by atoms with E-state index in [1.165, 1.54) is 5.69 Å². The van der Waals surface area contributed by atoms with Gasteiger partial charge in [0.2, 0.25) is 0 Å². The lowest BCUT2D eigenvalue weighted by atomic mass is 10.4. The predicted molar refractivity (Wildman–Crippen MR) is 49.8 cm³/mol. The van der Waals surface area contributed by atoms with E-state index in [1.807, 2.05) is 29.9 Å². The molecule has 0 aromatic carbocycles. The SMILES string of the molecule is CN=C(N)NCc1cccn1C. The molecule has 1 rings (SSSR count). The summed E-state index contributed by atoms with van der Waals surface area (Å²) in [4.78, 5) is 3.79. The van der Waals surface area contributed by atoms with Gasteiger partial charge in [0, 0.05) is 26.0 Å². The number of nitrogens with one attached hydrogen (secondary N) is 1. The zero-order valence-corrected chi connectivity index (χ0v) is 7.41. The fourth-order valence-electron chi connectivity index (χ4n) is 0.940. The van der Waals surface area contributed by atoms with E-state index in [1.54, 1.807) is 7.05 Å². The molecule has 0 fully saturated rings. The minimum Gasteiger partial charge on any atom is -0.370 e. The van der Waals surface area contributed by atoms with Gasteiger partial charge in [-0.05, 0) is 12.1 Å². The van der Waals surface area contributed by atoms with Gasteiger partial charge in [-0.3, -0.25) is 4.99 Å². The van der Waals surface area contributed by atoms with Crippen LogP contribution in [0, 0.1) is 0 Å². The van der Waals surface area contributed by atoms with Crippen LogP contribution in [0.2, 0.25) is 0 Å². The first-order valence-electron chi connectivity index (χ1n) is 3.80. The number of nitrogens with zero attached hydrogens (tertiary/aromatic N) is 2. The number of guanidine groups is 1. The molecule has 0 radical (unpaired) electrons. The molecule has 0 aliphatic rings. The topological polar surface area (TPSA) is 55.3 Å². The van der Waals surface area contributed by atoms with Gasteiger partial charge in [0.1, 0.15) is 0 Å². The molecule has 66 valence electrons. The predicted octanol–water partition coefficient (Wildman–Crippen LogP) is 0.0592. The van der Waals surface area contributed by atoms with Gasteiger partial charge in [-0.1, -0.05) is 0 Å². The van der Waals surface area contributed by atoms with Crippen LogP contribution < -0.4 is 11.1 Å². The van der Waals surface area contributed by atoms with Crippen molar-refractivity contribution in [3.05, 3.63) is 24.0 Å². The number of aromatic nitrogens is 1. The Morgan fingerprint density at radius 2 is 2.50 bits per heavy atom. The Morgan fingerprint density at radius 3 is 3.00 bits per heavy atom. The lowest BCUT2D eigenvalue weighted by molar-refractivity contribution is 0.776. The highest BCUT2D eigenvalue weighted by molar-refractivity contribution is 5.77. The second-order valence-electron chi connectivity index (χ2n) is 2.57. The van der Waals surface area contributed by atoms with Gasteiger partial charge in [0.05, 0.1) is 6.54 Å². The summed E-state index contributed by atoms with van der Waals surface area (Å²) in [6.07, 6.45) is 2.00. The standard InChI is InChI=1S/C8H14N4/c1-10-8(9)11-6-7-4-3-5-12(7)2/h3-5H,6H2,1-2H3,(H3,9,10,11). The average molecular weight is 166 g/mol. The molecule has 4 heteroatoms. The maximum Gasteiger partial charge on any atom is 0.188 e. The molecule has 0 saturated heterocycles. The molecule has 0 bridgehead atoms. The molecular formula is C8H14N4. The summed E-state index contributed by atoms with van der Waals surface area (Å²) in [5.74, 6) is 0.469. The number of nitrogens with two attached hydrogens (primary N) is 1. The van der Waals surface area contributed by atoms with Crippen molar-refractivity contribution in [2.45, 2.75) is 6.54 Å². The maximum atomic E-state index is 5.47. The van der Waals surface area contributed by atoms with Crippen molar-refractivity contribution < 1.29 is 0 Å². The minimum absolute atomic E-state index is 0.469. The third-order valence-electron chi connectivity index (χ3n) is 1.74. The zero-order valence-electron chi connectivity index (χ0n) is 7.41. The largest absolute Gasteiger partial charge is 0.370 e. The quantitative estimate of drug-likeness (QED) is 0.482. The van der Waals surface area contributed by atoms with E-state index < -0.39 is 0 Å². The van der Waals surface area contributed by atoms with Gasteiger partial charge in [-0.2, -0.15) is 0 Å². The monoisotopic (exact) mass is 166 g/mol. The van der Waals surface area contributed by atoms with Crippen molar-refractivity contribution in [3.63, 3.8) is 0 Å². The van der Waals surface area contributed by atoms with E-state index in [0.717, 1.165) is 0 Å². The molecular weight excluding hydrogens is 152 g/mol. The summed E-state index contributed by atoms with van der Waals surface area (Å²) < 4.78 is 2.04. The summed E-state index contributed by atoms with van der Waals surface area (Å²) >= 11 is 0. The average Bonchev–Trinajstić information content (AvgIpc) is 2.47. The fraction of sp³-hybridized carbons (Fsp3) is 0.375. The van der Waals surface area contributed by atoms with Crippen LogP contribution in [0.25, 0.3) is 0 Å². The van der Waals surface area contributed by atoms with Gasteiger partial charge >= 0.3 is 0 Å². The first-order chi connectivity index (χ1) is 5.74. The van der Waals surface area contributed by atoms with Crippen molar-refractivity contribution in [1.29, 1.82) is 0 Å². The Morgan fingerprint density at radius 1 is 1.75 bits per heavy atom. The van der Waals surface area contributed by atoms with E-state index in [0.29, 0.717) is 12.5 Å². The van der Waals surface area contributed by atoms with Crippen LogP contribution in [-0.2, 0) is 13.6 Å². The third-order valence-corrected chi connectivity index (χ3v) is 1.74. The van der Waals surface area contributed by atoms with Crippen molar-refractivity contribution in [3.8, 4) is 0 Å². The smallest absolute Gasteiger partial charge is 0.188 e. The molecule has 1 heterocycles. The highest BCUT2D eigenvalue weighted by Crippen LogP contribution is 1.97. The Hall–Kier alpha value is -1.45. The fourth-order valence-corrected chi connectivity index (χ4v) is 0.940. The Labute approximate surface area is 72.1 Å². The van der Waals surface area contributed by atoms with Crippen molar-refractivity contribution in [2.75, 3.05) is 7.05 Å². The number of rotatable bonds is 2. The summed E-state index contributed by atoms with van der Waals surface area (Å²) in [6.45, 7) is 0.715. The molecule has 0 amide bonds. The Bertz CT molecular complexity index is 274. The van der Waals surface area contributed by atoms with Crippen molar-refractivity contribution in [1.82, 2.24) is 9.88 Å². The van der Waals surface area contributed by atoms with Gasteiger partial charge in [0.25, 0.3) is 0 Å². The molecule has 1 aromatic heterocycles. The van der Waals surface area contributed by atoms with Crippen molar-refractivity contribution >= 4 is 5.96 Å². The van der Waals surface area contributed by atoms with E-state index in [9.17, 15) is 0 Å². The second-order valence-corrected chi connectivity index (χ2v) is 2.57. The maximum absolute atomic E-state index is 5.47. The second kappa shape index (κ2) is 3.80. The minimum atomic E-state index is 0.469. The van der Waals surface area contributed by atoms with Gasteiger partial charge < -0.3 is 15.6 Å². The van der Waals surface area contributed by atoms with Gasteiger partial charge in [-0.15, -0.1) is 0 Å². The van der Waals surface area contributed by atoms with Crippen molar-refractivity contribution in [2.24, 2.45) is 17.8 Å². The lowest BCUT2D eigenvalue weighted by Crippen LogP contribution is -2.31. The Balaban J connectivity index is 2.49. The molecule has 0 aliphatic carbocycles. The highest BCUT2D eigenvalue weighted by Gasteiger charge is 1.95. The Kier molecular flexibility index (Phi) is 2.74. The molecule has 0 spiro atoms. The molecule has 12 heavy (non-hydrogen) atoms. The number of hydrogen-bond donors (Lipinski definition) is 2. The van der Waals surface area contributed by atoms with Crippen LogP contribution in [0.1, 0.15) is 5.69 Å². The molecule has 0 atom stereocenters. The van der Waals surface area contributed by atoms with Crippen LogP contribution in [0.4, 0.5) is 0 Å². The van der Waals surface area contributed by atoms with E-state index in [2.05, 4.69) is 10.3 Å². The number of hydrogen-bond acceptors (Lipinski definition) is 1. The first kappa shape index (κ1) is 8.64. The molecule has 0 aliphatic heterocycles. The summed E-state index contributed by atoms with van der Waals surface area (Å²) in [6, 6.07) is 4.03. The van der Waals surface area contributed by atoms with Crippen LogP contribution in [0.3, 0.4) is 0 Å². The summed E-state index contributed by atoms with van der Waals surface area (Å²) in [7, 11) is 3.66. The lowest BCUT2D eigenvalue weighted by Gasteiger charge is -2.05.